The second-order valence-corrected chi connectivity index (χ2v) is 6.91. The van der Waals surface area contributed by atoms with Gasteiger partial charge in [-0.2, -0.15) is 5.10 Å². The van der Waals surface area contributed by atoms with Crippen LogP contribution in [0.25, 0.3) is 10.9 Å². The SMILES string of the molecule is Cc1cc(C(=O)NC2CCCN(c3ncnc4cc(F)ccc34)C2)nn1C. The molecule has 140 valence electrons. The highest BCUT2D eigenvalue weighted by atomic mass is 19.1. The van der Waals surface area contributed by atoms with Gasteiger partial charge in [0.15, 0.2) is 0 Å². The van der Waals surface area contributed by atoms with Crippen molar-refractivity contribution >= 4 is 22.6 Å². The zero-order valence-electron chi connectivity index (χ0n) is 15.3. The molecule has 1 saturated heterocycles. The van der Waals surface area contributed by atoms with Crippen molar-refractivity contribution in [2.75, 3.05) is 18.0 Å². The Kier molecular flexibility index (Phi) is 4.47. The molecule has 1 aliphatic rings. The molecule has 2 aromatic heterocycles. The first kappa shape index (κ1) is 17.4. The maximum absolute atomic E-state index is 13.5. The number of carbonyl (C=O) groups excluding carboxylic acids is 1. The lowest BCUT2D eigenvalue weighted by molar-refractivity contribution is 0.0927. The molecule has 0 bridgehead atoms. The van der Waals surface area contributed by atoms with Crippen LogP contribution in [0.15, 0.2) is 30.6 Å². The average Bonchev–Trinajstić information content (AvgIpc) is 3.00. The Morgan fingerprint density at radius 1 is 1.30 bits per heavy atom. The van der Waals surface area contributed by atoms with Gasteiger partial charge in [-0.05, 0) is 38.0 Å². The van der Waals surface area contributed by atoms with Gasteiger partial charge in [-0.1, -0.05) is 0 Å². The molecule has 0 aliphatic carbocycles. The fourth-order valence-electron chi connectivity index (χ4n) is 3.49. The number of nitrogens with zero attached hydrogens (tertiary/aromatic N) is 5. The maximum Gasteiger partial charge on any atom is 0.272 e. The number of rotatable bonds is 3. The number of carbonyl (C=O) groups is 1. The van der Waals surface area contributed by atoms with Crippen molar-refractivity contribution in [1.82, 2.24) is 25.1 Å². The van der Waals surface area contributed by atoms with Crippen molar-refractivity contribution in [3.63, 3.8) is 0 Å². The van der Waals surface area contributed by atoms with Gasteiger partial charge < -0.3 is 10.2 Å². The topological polar surface area (TPSA) is 75.9 Å². The van der Waals surface area contributed by atoms with Crippen LogP contribution in [0, 0.1) is 12.7 Å². The predicted molar refractivity (Wildman–Crippen MR) is 100 cm³/mol. The molecule has 0 spiro atoms. The minimum absolute atomic E-state index is 0.000902. The Labute approximate surface area is 156 Å². The molecular formula is C19H21FN6O. The largest absolute Gasteiger partial charge is 0.354 e. The van der Waals surface area contributed by atoms with Gasteiger partial charge in [0, 0.05) is 43.3 Å². The van der Waals surface area contributed by atoms with Gasteiger partial charge in [0.1, 0.15) is 23.7 Å². The third-order valence-electron chi connectivity index (χ3n) is 4.98. The number of aromatic nitrogens is 4. The van der Waals surface area contributed by atoms with Crippen LogP contribution in [0.4, 0.5) is 10.2 Å². The Morgan fingerprint density at radius 3 is 2.93 bits per heavy atom. The number of piperidine rings is 1. The summed E-state index contributed by atoms with van der Waals surface area (Å²) in [5.74, 6) is 0.286. The zero-order valence-corrected chi connectivity index (χ0v) is 15.3. The summed E-state index contributed by atoms with van der Waals surface area (Å²) in [7, 11) is 1.82. The summed E-state index contributed by atoms with van der Waals surface area (Å²) in [6, 6.07) is 6.31. The smallest absolute Gasteiger partial charge is 0.272 e. The molecule has 3 aromatic rings. The van der Waals surface area contributed by atoms with Crippen LogP contribution in [0.1, 0.15) is 29.0 Å². The minimum atomic E-state index is -0.318. The summed E-state index contributed by atoms with van der Waals surface area (Å²) in [5, 5.41) is 8.12. The number of aryl methyl sites for hydroxylation is 2. The van der Waals surface area contributed by atoms with Crippen molar-refractivity contribution in [2.45, 2.75) is 25.8 Å². The lowest BCUT2D eigenvalue weighted by Crippen LogP contribution is -2.48. The lowest BCUT2D eigenvalue weighted by atomic mass is 10.0. The molecule has 1 unspecified atom stereocenters. The van der Waals surface area contributed by atoms with Gasteiger partial charge in [0.25, 0.3) is 5.91 Å². The molecule has 7 nitrogen and oxygen atoms in total. The van der Waals surface area contributed by atoms with Crippen molar-refractivity contribution in [3.8, 4) is 0 Å². The Hall–Kier alpha value is -3.03. The van der Waals surface area contributed by atoms with Crippen LogP contribution in [0.3, 0.4) is 0 Å². The highest BCUT2D eigenvalue weighted by Crippen LogP contribution is 2.26. The number of amides is 1. The molecule has 0 saturated carbocycles. The number of benzene rings is 1. The summed E-state index contributed by atoms with van der Waals surface area (Å²) in [4.78, 5) is 23.2. The molecule has 1 aromatic carbocycles. The highest BCUT2D eigenvalue weighted by molar-refractivity contribution is 5.93. The summed E-state index contributed by atoms with van der Waals surface area (Å²) in [6.45, 7) is 3.38. The van der Waals surface area contributed by atoms with E-state index in [0.29, 0.717) is 17.8 Å². The highest BCUT2D eigenvalue weighted by Gasteiger charge is 2.25. The van der Waals surface area contributed by atoms with E-state index in [9.17, 15) is 9.18 Å². The molecular weight excluding hydrogens is 347 g/mol. The average molecular weight is 368 g/mol. The van der Waals surface area contributed by atoms with Crippen LogP contribution in [0.2, 0.25) is 0 Å². The van der Waals surface area contributed by atoms with Crippen LogP contribution >= 0.6 is 0 Å². The van der Waals surface area contributed by atoms with Gasteiger partial charge in [-0.25, -0.2) is 14.4 Å². The monoisotopic (exact) mass is 368 g/mol. The predicted octanol–water partition coefficient (Wildman–Crippen LogP) is 2.21. The van der Waals surface area contributed by atoms with Gasteiger partial charge in [0.2, 0.25) is 0 Å². The van der Waals surface area contributed by atoms with E-state index in [1.54, 1.807) is 16.8 Å². The molecule has 1 atom stereocenters. The van der Waals surface area contributed by atoms with Gasteiger partial charge in [0.05, 0.1) is 5.52 Å². The number of halogens is 1. The molecule has 3 heterocycles. The van der Waals surface area contributed by atoms with Crippen molar-refractivity contribution < 1.29 is 9.18 Å². The Morgan fingerprint density at radius 2 is 2.15 bits per heavy atom. The van der Waals surface area contributed by atoms with Gasteiger partial charge >= 0.3 is 0 Å². The number of hydrogen-bond acceptors (Lipinski definition) is 5. The van der Waals surface area contributed by atoms with Gasteiger partial charge in [-0.3, -0.25) is 9.48 Å². The Bertz CT molecular complexity index is 982. The second-order valence-electron chi connectivity index (χ2n) is 6.91. The maximum atomic E-state index is 13.5. The first-order valence-corrected chi connectivity index (χ1v) is 8.98. The zero-order chi connectivity index (χ0) is 19.0. The van der Waals surface area contributed by atoms with Crippen LogP contribution in [-0.4, -0.2) is 44.8 Å². The van der Waals surface area contributed by atoms with Crippen molar-refractivity contribution in [1.29, 1.82) is 0 Å². The first-order chi connectivity index (χ1) is 13.0. The van der Waals surface area contributed by atoms with E-state index in [-0.39, 0.29) is 17.8 Å². The number of hydrogen-bond donors (Lipinski definition) is 1. The summed E-state index contributed by atoms with van der Waals surface area (Å²) < 4.78 is 15.2. The standard InChI is InChI=1S/C19H21FN6O/c1-12-8-17(24-25(12)2)19(27)23-14-4-3-7-26(10-14)18-15-6-5-13(20)9-16(15)21-11-22-18/h5-6,8-9,11,14H,3-4,7,10H2,1-2H3,(H,23,27). The third-order valence-corrected chi connectivity index (χ3v) is 4.98. The van der Waals surface area contributed by atoms with E-state index in [1.165, 1.54) is 18.5 Å². The number of nitrogens with one attached hydrogen (secondary N) is 1. The van der Waals surface area contributed by atoms with E-state index in [4.69, 9.17) is 0 Å². The fourth-order valence-corrected chi connectivity index (χ4v) is 3.49. The molecule has 1 aliphatic heterocycles. The molecule has 1 amide bonds. The van der Waals surface area contributed by atoms with E-state index in [2.05, 4.69) is 25.3 Å². The molecule has 0 radical (unpaired) electrons. The van der Waals surface area contributed by atoms with E-state index in [0.717, 1.165) is 36.3 Å². The minimum Gasteiger partial charge on any atom is -0.354 e. The van der Waals surface area contributed by atoms with E-state index < -0.39 is 0 Å². The molecule has 27 heavy (non-hydrogen) atoms. The van der Waals surface area contributed by atoms with Crippen LogP contribution < -0.4 is 10.2 Å². The Balaban J connectivity index is 1.52. The van der Waals surface area contributed by atoms with Gasteiger partial charge in [-0.15, -0.1) is 0 Å². The quantitative estimate of drug-likeness (QED) is 0.767. The van der Waals surface area contributed by atoms with Crippen LogP contribution in [0.5, 0.6) is 0 Å². The number of anilines is 1. The van der Waals surface area contributed by atoms with E-state index >= 15 is 0 Å². The molecule has 4 rings (SSSR count). The summed E-state index contributed by atoms with van der Waals surface area (Å²) >= 11 is 0. The summed E-state index contributed by atoms with van der Waals surface area (Å²) in [6.07, 6.45) is 3.28. The fraction of sp³-hybridized carbons (Fsp3) is 0.368. The number of fused-ring (bicyclic) bond motifs is 1. The second kappa shape index (κ2) is 6.94. The molecule has 1 N–H and O–H groups in total. The van der Waals surface area contributed by atoms with Crippen molar-refractivity contribution in [3.05, 3.63) is 47.8 Å². The summed E-state index contributed by atoms with van der Waals surface area (Å²) in [5.41, 5.74) is 1.94. The normalized spacial score (nSPS) is 17.3. The van der Waals surface area contributed by atoms with E-state index in [1.807, 2.05) is 14.0 Å². The first-order valence-electron chi connectivity index (χ1n) is 8.98. The third kappa shape index (κ3) is 3.47. The molecule has 1 fully saturated rings. The van der Waals surface area contributed by atoms with Crippen molar-refractivity contribution in [2.24, 2.45) is 7.05 Å². The van der Waals surface area contributed by atoms with Crippen LogP contribution in [-0.2, 0) is 7.05 Å². The lowest BCUT2D eigenvalue weighted by Gasteiger charge is -2.34. The molecule has 8 heteroatoms.